The molecule has 0 saturated heterocycles. The van der Waals surface area contributed by atoms with E-state index in [-0.39, 0.29) is 5.91 Å². The minimum atomic E-state index is -0.177. The van der Waals surface area contributed by atoms with Crippen LogP contribution in [0.25, 0.3) is 10.2 Å². The standard InChI is InChI=1S/C16H13ClN2O3S/c1-19-10-8-15(17)23-14(10)7-11(19)16(20)18-9-2-3-12-13(6-9)22-5-4-21-12/h2-3,6-8H,4-5H2,1H3,(H,18,20). The molecule has 0 atom stereocenters. The summed E-state index contributed by atoms with van der Waals surface area (Å²) in [5.74, 6) is 1.17. The number of ether oxygens (including phenoxy) is 2. The molecule has 0 spiro atoms. The molecule has 7 heteroatoms. The molecule has 23 heavy (non-hydrogen) atoms. The highest BCUT2D eigenvalue weighted by Crippen LogP contribution is 2.34. The predicted octanol–water partition coefficient (Wildman–Crippen LogP) is 3.92. The van der Waals surface area contributed by atoms with Crippen LogP contribution in [0, 0.1) is 0 Å². The van der Waals surface area contributed by atoms with Gasteiger partial charge in [-0.05, 0) is 24.3 Å². The number of carbonyl (C=O) groups excluding carboxylic acids is 1. The van der Waals surface area contributed by atoms with Crippen molar-refractivity contribution in [2.45, 2.75) is 0 Å². The van der Waals surface area contributed by atoms with Gasteiger partial charge in [0.1, 0.15) is 18.9 Å². The van der Waals surface area contributed by atoms with Crippen LogP contribution in [0.4, 0.5) is 5.69 Å². The number of nitrogens with zero attached hydrogens (tertiary/aromatic N) is 1. The first kappa shape index (κ1) is 14.4. The summed E-state index contributed by atoms with van der Waals surface area (Å²) in [6.07, 6.45) is 0. The molecule has 4 rings (SSSR count). The molecule has 0 aliphatic carbocycles. The Morgan fingerprint density at radius 1 is 1.22 bits per heavy atom. The van der Waals surface area contributed by atoms with Gasteiger partial charge in [0.15, 0.2) is 11.5 Å². The van der Waals surface area contributed by atoms with Crippen molar-refractivity contribution in [3.05, 3.63) is 40.4 Å². The highest BCUT2D eigenvalue weighted by molar-refractivity contribution is 7.22. The maximum atomic E-state index is 12.5. The molecule has 1 N–H and O–H groups in total. The van der Waals surface area contributed by atoms with E-state index >= 15 is 0 Å². The number of hydrogen-bond donors (Lipinski definition) is 1. The molecule has 118 valence electrons. The summed E-state index contributed by atoms with van der Waals surface area (Å²) in [5, 5.41) is 2.89. The summed E-state index contributed by atoms with van der Waals surface area (Å²) in [5.41, 5.74) is 2.20. The minimum absolute atomic E-state index is 0.177. The topological polar surface area (TPSA) is 52.5 Å². The molecule has 0 unspecified atom stereocenters. The van der Waals surface area contributed by atoms with Crippen molar-refractivity contribution in [3.63, 3.8) is 0 Å². The third-order valence-corrected chi connectivity index (χ3v) is 4.93. The lowest BCUT2D eigenvalue weighted by Gasteiger charge is -2.19. The highest BCUT2D eigenvalue weighted by Gasteiger charge is 2.17. The number of aryl methyl sites for hydroxylation is 1. The summed E-state index contributed by atoms with van der Waals surface area (Å²) in [6, 6.07) is 9.08. The molecule has 0 saturated carbocycles. The molecule has 1 aliphatic heterocycles. The smallest absolute Gasteiger partial charge is 0.272 e. The lowest BCUT2D eigenvalue weighted by Crippen LogP contribution is -2.17. The second-order valence-corrected chi connectivity index (χ2v) is 6.92. The van der Waals surface area contributed by atoms with E-state index in [1.54, 1.807) is 18.2 Å². The van der Waals surface area contributed by atoms with Gasteiger partial charge in [0.05, 0.1) is 14.6 Å². The Labute approximate surface area is 141 Å². The Hall–Kier alpha value is -2.18. The molecule has 1 aliphatic rings. The Bertz CT molecular complexity index is 916. The van der Waals surface area contributed by atoms with Crippen LogP contribution < -0.4 is 14.8 Å². The zero-order valence-electron chi connectivity index (χ0n) is 12.3. The van der Waals surface area contributed by atoms with E-state index in [2.05, 4.69) is 5.32 Å². The molecule has 1 aromatic carbocycles. The quantitative estimate of drug-likeness (QED) is 0.763. The van der Waals surface area contributed by atoms with Crippen LogP contribution in [0.3, 0.4) is 0 Å². The molecule has 3 heterocycles. The number of hydrogen-bond acceptors (Lipinski definition) is 4. The van der Waals surface area contributed by atoms with E-state index in [0.29, 0.717) is 40.4 Å². The van der Waals surface area contributed by atoms with Crippen molar-refractivity contribution < 1.29 is 14.3 Å². The Balaban J connectivity index is 1.61. The molecule has 0 radical (unpaired) electrons. The zero-order chi connectivity index (χ0) is 16.0. The first-order chi connectivity index (χ1) is 11.1. The third-order valence-electron chi connectivity index (χ3n) is 3.73. The first-order valence-electron chi connectivity index (χ1n) is 7.07. The molecule has 1 amide bonds. The fourth-order valence-electron chi connectivity index (χ4n) is 2.62. The van der Waals surface area contributed by atoms with Gasteiger partial charge in [0.2, 0.25) is 0 Å². The van der Waals surface area contributed by atoms with E-state index < -0.39 is 0 Å². The number of aromatic nitrogens is 1. The van der Waals surface area contributed by atoms with Crippen LogP contribution in [-0.2, 0) is 7.05 Å². The molecule has 0 bridgehead atoms. The van der Waals surface area contributed by atoms with Crippen molar-refractivity contribution in [1.29, 1.82) is 0 Å². The van der Waals surface area contributed by atoms with Crippen LogP contribution in [0.5, 0.6) is 11.5 Å². The average molecular weight is 349 g/mol. The monoisotopic (exact) mass is 348 g/mol. The van der Waals surface area contributed by atoms with Crippen molar-refractivity contribution >= 4 is 44.7 Å². The van der Waals surface area contributed by atoms with Crippen LogP contribution in [-0.4, -0.2) is 23.7 Å². The van der Waals surface area contributed by atoms with Gasteiger partial charge in [-0.3, -0.25) is 4.79 Å². The molecular weight excluding hydrogens is 336 g/mol. The van der Waals surface area contributed by atoms with Crippen molar-refractivity contribution in [2.75, 3.05) is 18.5 Å². The van der Waals surface area contributed by atoms with Crippen LogP contribution in [0.15, 0.2) is 30.3 Å². The largest absolute Gasteiger partial charge is 0.486 e. The summed E-state index contributed by atoms with van der Waals surface area (Å²) in [7, 11) is 1.85. The number of rotatable bonds is 2. The molecule has 0 fully saturated rings. The Kier molecular flexibility index (Phi) is 3.43. The number of nitrogens with one attached hydrogen (secondary N) is 1. The molecular formula is C16H13ClN2O3S. The first-order valence-corrected chi connectivity index (χ1v) is 8.27. The van der Waals surface area contributed by atoms with Crippen molar-refractivity contribution in [2.24, 2.45) is 7.05 Å². The van der Waals surface area contributed by atoms with Crippen LogP contribution >= 0.6 is 22.9 Å². The second kappa shape index (κ2) is 5.47. The fourth-order valence-corrected chi connectivity index (χ4v) is 3.82. The Morgan fingerprint density at radius 3 is 2.78 bits per heavy atom. The van der Waals surface area contributed by atoms with Gasteiger partial charge in [-0.25, -0.2) is 0 Å². The minimum Gasteiger partial charge on any atom is -0.486 e. The van der Waals surface area contributed by atoms with Gasteiger partial charge in [-0.1, -0.05) is 11.6 Å². The van der Waals surface area contributed by atoms with E-state index in [1.165, 1.54) is 11.3 Å². The van der Waals surface area contributed by atoms with Gasteiger partial charge in [-0.2, -0.15) is 0 Å². The molecule has 5 nitrogen and oxygen atoms in total. The molecule has 2 aromatic heterocycles. The number of anilines is 1. The van der Waals surface area contributed by atoms with Crippen LogP contribution in [0.1, 0.15) is 10.5 Å². The molecule has 3 aromatic rings. The fraction of sp³-hybridized carbons (Fsp3) is 0.188. The number of amides is 1. The van der Waals surface area contributed by atoms with E-state index in [4.69, 9.17) is 21.1 Å². The van der Waals surface area contributed by atoms with Gasteiger partial charge < -0.3 is 19.4 Å². The SMILES string of the molecule is Cn1c(C(=O)Nc2ccc3c(c2)OCCO3)cc2sc(Cl)cc21. The summed E-state index contributed by atoms with van der Waals surface area (Å²) in [4.78, 5) is 12.5. The van der Waals surface area contributed by atoms with Gasteiger partial charge >= 0.3 is 0 Å². The average Bonchev–Trinajstić information content (AvgIpc) is 3.05. The van der Waals surface area contributed by atoms with E-state index in [9.17, 15) is 4.79 Å². The second-order valence-electron chi connectivity index (χ2n) is 5.20. The van der Waals surface area contributed by atoms with E-state index in [1.807, 2.05) is 23.7 Å². The number of halogens is 1. The van der Waals surface area contributed by atoms with Gasteiger partial charge in [-0.15, -0.1) is 11.3 Å². The van der Waals surface area contributed by atoms with Crippen molar-refractivity contribution in [1.82, 2.24) is 4.57 Å². The lowest BCUT2D eigenvalue weighted by molar-refractivity contribution is 0.101. The van der Waals surface area contributed by atoms with Crippen molar-refractivity contribution in [3.8, 4) is 11.5 Å². The maximum absolute atomic E-state index is 12.5. The Morgan fingerprint density at radius 2 is 2.00 bits per heavy atom. The normalized spacial score (nSPS) is 13.3. The summed E-state index contributed by atoms with van der Waals surface area (Å²) in [6.45, 7) is 1.06. The number of carbonyl (C=O) groups is 1. The van der Waals surface area contributed by atoms with E-state index in [0.717, 1.165) is 10.2 Å². The van der Waals surface area contributed by atoms with Gasteiger partial charge in [0, 0.05) is 18.8 Å². The predicted molar refractivity (Wildman–Crippen MR) is 91.2 cm³/mol. The zero-order valence-corrected chi connectivity index (χ0v) is 13.8. The highest BCUT2D eigenvalue weighted by atomic mass is 35.5. The maximum Gasteiger partial charge on any atom is 0.272 e. The number of thiophene rings is 1. The van der Waals surface area contributed by atoms with Crippen LogP contribution in [0.2, 0.25) is 4.34 Å². The summed E-state index contributed by atoms with van der Waals surface area (Å²) >= 11 is 7.46. The number of benzene rings is 1. The third kappa shape index (κ3) is 2.54. The number of fused-ring (bicyclic) bond motifs is 2. The summed E-state index contributed by atoms with van der Waals surface area (Å²) < 4.78 is 14.5. The lowest BCUT2D eigenvalue weighted by atomic mass is 10.2. The van der Waals surface area contributed by atoms with Gasteiger partial charge in [0.25, 0.3) is 5.91 Å².